The minimum absolute atomic E-state index is 0.0383. The lowest BCUT2D eigenvalue weighted by molar-refractivity contribution is -0.276. The average molecular weight is 669 g/mol. The minimum Gasteiger partial charge on any atom is -0.392 e. The lowest BCUT2D eigenvalue weighted by atomic mass is 9.90. The largest absolute Gasteiger partial charge is 0.392 e. The summed E-state index contributed by atoms with van der Waals surface area (Å²) in [7, 11) is 0. The molecule has 0 bridgehead atoms. The van der Waals surface area contributed by atoms with E-state index in [0.29, 0.717) is 22.8 Å². The van der Waals surface area contributed by atoms with Gasteiger partial charge in [0.1, 0.15) is 5.15 Å². The highest BCUT2D eigenvalue weighted by atomic mass is 35.5. The van der Waals surface area contributed by atoms with Gasteiger partial charge in [0.2, 0.25) is 0 Å². The van der Waals surface area contributed by atoms with E-state index < -0.39 is 6.29 Å². The van der Waals surface area contributed by atoms with Gasteiger partial charge in [-0.3, -0.25) is 14.5 Å². The summed E-state index contributed by atoms with van der Waals surface area (Å²) in [6.07, 6.45) is 0.326. The van der Waals surface area contributed by atoms with Crippen LogP contribution in [0.25, 0.3) is 11.1 Å². The molecule has 0 saturated carbocycles. The first-order chi connectivity index (χ1) is 22.8. The Hall–Kier alpha value is -4.31. The summed E-state index contributed by atoms with van der Waals surface area (Å²) >= 11 is 12.5. The third-order valence-electron chi connectivity index (χ3n) is 8.95. The van der Waals surface area contributed by atoms with Crippen LogP contribution in [-0.2, 0) is 29.2 Å². The van der Waals surface area contributed by atoms with Crippen LogP contribution in [0.3, 0.4) is 0 Å². The first kappa shape index (κ1) is 31.3. The Kier molecular flexibility index (Phi) is 8.70. The molecule has 5 aromatic rings. The molecule has 2 aliphatic rings. The summed E-state index contributed by atoms with van der Waals surface area (Å²) in [6.45, 7) is 2.63. The SMILES string of the molecule is CC1C(Cn2cnc(Cl)c2Cl)OC(c2ccc(-c3ccccc3CN3C(=O)c4ccccc4C3=O)cc2)OC1c1ccc(CO)cc1. The van der Waals surface area contributed by atoms with E-state index in [1.165, 1.54) is 4.90 Å². The third-order valence-corrected chi connectivity index (χ3v) is 9.72. The number of rotatable bonds is 8. The number of hydrogen-bond donors (Lipinski definition) is 1. The van der Waals surface area contributed by atoms with Gasteiger partial charge in [-0.05, 0) is 39.9 Å². The molecule has 1 fully saturated rings. The van der Waals surface area contributed by atoms with Crippen LogP contribution in [-0.4, -0.2) is 37.5 Å². The zero-order valence-electron chi connectivity index (χ0n) is 25.4. The number of fused-ring (bicyclic) bond motifs is 1. The molecule has 2 amide bonds. The smallest absolute Gasteiger partial charge is 0.261 e. The van der Waals surface area contributed by atoms with Gasteiger partial charge in [0.25, 0.3) is 11.8 Å². The number of aliphatic hydroxyl groups excluding tert-OH is 1. The Morgan fingerprint density at radius 3 is 2.02 bits per heavy atom. The number of hydrogen-bond acceptors (Lipinski definition) is 6. The summed E-state index contributed by atoms with van der Waals surface area (Å²) in [5.41, 5.74) is 6.19. The van der Waals surface area contributed by atoms with Crippen LogP contribution in [0.5, 0.6) is 0 Å². The lowest BCUT2D eigenvalue weighted by Crippen LogP contribution is -2.39. The molecule has 0 spiro atoms. The third kappa shape index (κ3) is 5.99. The first-order valence-corrected chi connectivity index (χ1v) is 16.1. The maximum atomic E-state index is 13.1. The zero-order chi connectivity index (χ0) is 32.7. The van der Waals surface area contributed by atoms with Crippen molar-refractivity contribution in [2.45, 2.75) is 45.1 Å². The van der Waals surface area contributed by atoms with Gasteiger partial charge in [-0.1, -0.05) is 115 Å². The minimum atomic E-state index is -0.681. The van der Waals surface area contributed by atoms with Crippen molar-refractivity contribution in [1.29, 1.82) is 0 Å². The highest BCUT2D eigenvalue weighted by Gasteiger charge is 2.39. The quantitative estimate of drug-likeness (QED) is 0.171. The Labute approximate surface area is 282 Å². The topological polar surface area (TPSA) is 93.9 Å². The number of halogens is 2. The first-order valence-electron chi connectivity index (χ1n) is 15.3. The summed E-state index contributed by atoms with van der Waals surface area (Å²) < 4.78 is 14.9. The normalized spacial score (nSPS) is 20.9. The molecule has 2 aliphatic heterocycles. The molecule has 8 nitrogen and oxygen atoms in total. The molecular formula is C37H31Cl2N3O5. The second-order valence-corrected chi connectivity index (χ2v) is 12.5. The predicted octanol–water partition coefficient (Wildman–Crippen LogP) is 7.64. The summed E-state index contributed by atoms with van der Waals surface area (Å²) in [5, 5.41) is 10.1. The number of aliphatic hydroxyl groups is 1. The number of aromatic nitrogens is 2. The van der Waals surface area contributed by atoms with Gasteiger partial charge in [-0.25, -0.2) is 4.98 Å². The van der Waals surface area contributed by atoms with E-state index in [2.05, 4.69) is 11.9 Å². The van der Waals surface area contributed by atoms with Crippen molar-refractivity contribution in [2.24, 2.45) is 5.92 Å². The zero-order valence-corrected chi connectivity index (χ0v) is 26.9. The maximum Gasteiger partial charge on any atom is 0.261 e. The van der Waals surface area contributed by atoms with E-state index in [4.69, 9.17) is 32.7 Å². The van der Waals surface area contributed by atoms with Gasteiger partial charge < -0.3 is 19.1 Å². The number of carbonyl (C=O) groups excluding carboxylic acids is 2. The number of nitrogens with zero attached hydrogens (tertiary/aromatic N) is 3. The molecule has 4 unspecified atom stereocenters. The van der Waals surface area contributed by atoms with E-state index in [9.17, 15) is 14.7 Å². The Morgan fingerprint density at radius 1 is 0.787 bits per heavy atom. The van der Waals surface area contributed by atoms with Crippen molar-refractivity contribution in [3.8, 4) is 11.1 Å². The molecule has 4 atom stereocenters. The van der Waals surface area contributed by atoms with Crippen LogP contribution in [0.4, 0.5) is 0 Å². The van der Waals surface area contributed by atoms with E-state index in [1.807, 2.05) is 72.8 Å². The number of imidazole rings is 1. The molecule has 7 rings (SSSR count). The molecule has 0 aliphatic carbocycles. The summed E-state index contributed by atoms with van der Waals surface area (Å²) in [6, 6.07) is 30.3. The van der Waals surface area contributed by atoms with Crippen LogP contribution in [0.15, 0.2) is 103 Å². The van der Waals surface area contributed by atoms with E-state index in [-0.39, 0.29) is 48.2 Å². The fraction of sp³-hybridized carbons (Fsp3) is 0.216. The van der Waals surface area contributed by atoms with Crippen molar-refractivity contribution in [1.82, 2.24) is 14.5 Å². The summed E-state index contributed by atoms with van der Waals surface area (Å²) in [5.74, 6) is -0.631. The van der Waals surface area contributed by atoms with Gasteiger partial charge in [-0.2, -0.15) is 0 Å². The highest BCUT2D eigenvalue weighted by Crippen LogP contribution is 2.43. The number of imide groups is 1. The Morgan fingerprint density at radius 2 is 1.40 bits per heavy atom. The van der Waals surface area contributed by atoms with Gasteiger partial charge in [-0.15, -0.1) is 0 Å². The van der Waals surface area contributed by atoms with Crippen molar-refractivity contribution in [3.05, 3.63) is 147 Å². The van der Waals surface area contributed by atoms with E-state index in [0.717, 1.165) is 33.4 Å². The van der Waals surface area contributed by atoms with Crippen LogP contribution in [0, 0.1) is 5.92 Å². The molecule has 238 valence electrons. The maximum absolute atomic E-state index is 13.1. The van der Waals surface area contributed by atoms with E-state index in [1.54, 1.807) is 35.2 Å². The van der Waals surface area contributed by atoms with Gasteiger partial charge in [0.05, 0.1) is 49.4 Å². The number of ether oxygens (including phenoxy) is 2. The molecule has 1 N–H and O–H groups in total. The van der Waals surface area contributed by atoms with Crippen LogP contribution >= 0.6 is 23.2 Å². The monoisotopic (exact) mass is 667 g/mol. The molecule has 0 radical (unpaired) electrons. The number of benzene rings is 4. The lowest BCUT2D eigenvalue weighted by Gasteiger charge is -2.41. The molecule has 1 aromatic heterocycles. The van der Waals surface area contributed by atoms with E-state index >= 15 is 0 Å². The van der Waals surface area contributed by atoms with Crippen molar-refractivity contribution < 1.29 is 24.2 Å². The molecule has 1 saturated heterocycles. The molecule has 10 heteroatoms. The van der Waals surface area contributed by atoms with Crippen molar-refractivity contribution >= 4 is 35.0 Å². The fourth-order valence-corrected chi connectivity index (χ4v) is 6.62. The van der Waals surface area contributed by atoms with Crippen LogP contribution < -0.4 is 0 Å². The molecule has 3 heterocycles. The van der Waals surface area contributed by atoms with Crippen molar-refractivity contribution in [3.63, 3.8) is 0 Å². The molecule has 4 aromatic carbocycles. The molecule has 47 heavy (non-hydrogen) atoms. The van der Waals surface area contributed by atoms with Crippen LogP contribution in [0.2, 0.25) is 10.3 Å². The highest BCUT2D eigenvalue weighted by molar-refractivity contribution is 6.40. The Bertz CT molecular complexity index is 1910. The predicted molar refractivity (Wildman–Crippen MR) is 178 cm³/mol. The van der Waals surface area contributed by atoms with Crippen LogP contribution in [0.1, 0.15) is 62.3 Å². The van der Waals surface area contributed by atoms with Gasteiger partial charge in [0, 0.05) is 11.5 Å². The Balaban J connectivity index is 1.15. The fourth-order valence-electron chi connectivity index (χ4n) is 6.30. The van der Waals surface area contributed by atoms with Gasteiger partial charge in [0.15, 0.2) is 11.4 Å². The van der Waals surface area contributed by atoms with Gasteiger partial charge >= 0.3 is 0 Å². The average Bonchev–Trinajstić information content (AvgIpc) is 3.55. The standard InChI is InChI=1S/C37H31Cl2N3O5/c1-22-31(19-41-21-40-33(38)34(41)39)46-37(47-32(22)25-12-10-23(20-43)11-13-25)26-16-14-24(15-17-26)28-7-3-2-6-27(28)18-42-35(44)29-8-4-5-9-30(29)36(42)45/h2-17,21-22,31-32,37,43H,18-20H2,1H3. The number of amides is 2. The second kappa shape index (κ2) is 13.1. The summed E-state index contributed by atoms with van der Waals surface area (Å²) in [4.78, 5) is 31.6. The molecular weight excluding hydrogens is 637 g/mol. The van der Waals surface area contributed by atoms with Crippen molar-refractivity contribution in [2.75, 3.05) is 0 Å². The second-order valence-electron chi connectivity index (χ2n) is 11.8. The number of carbonyl (C=O) groups is 2.